The van der Waals surface area contributed by atoms with Crippen molar-refractivity contribution in [3.05, 3.63) is 70.0 Å². The second kappa shape index (κ2) is 5.92. The third kappa shape index (κ3) is 2.69. The third-order valence-electron chi connectivity index (χ3n) is 4.62. The summed E-state index contributed by atoms with van der Waals surface area (Å²) in [5.41, 5.74) is 15.0. The SMILES string of the molecule is Nc1ncc(CC2CC=CC3=C2CC=c2ccccc2=N3)c(N)n1. The van der Waals surface area contributed by atoms with Crippen LogP contribution in [0.25, 0.3) is 6.08 Å². The van der Waals surface area contributed by atoms with Gasteiger partial charge in [-0.1, -0.05) is 30.4 Å². The summed E-state index contributed by atoms with van der Waals surface area (Å²) in [6.07, 6.45) is 11.0. The quantitative estimate of drug-likeness (QED) is 0.878. The number of para-hydroxylation sites is 1. The Labute approximate surface area is 140 Å². The van der Waals surface area contributed by atoms with Crippen LogP contribution in [0.2, 0.25) is 0 Å². The molecule has 2 heterocycles. The van der Waals surface area contributed by atoms with E-state index in [2.05, 4.69) is 46.4 Å². The fraction of sp³-hybridized carbons (Fsp3) is 0.211. The summed E-state index contributed by atoms with van der Waals surface area (Å²) >= 11 is 0. The van der Waals surface area contributed by atoms with Gasteiger partial charge >= 0.3 is 0 Å². The van der Waals surface area contributed by atoms with Gasteiger partial charge in [0.25, 0.3) is 0 Å². The molecule has 4 rings (SSSR count). The lowest BCUT2D eigenvalue weighted by molar-refractivity contribution is 0.595. The van der Waals surface area contributed by atoms with Crippen LogP contribution < -0.4 is 22.0 Å². The Morgan fingerprint density at radius 1 is 1.17 bits per heavy atom. The number of benzene rings is 1. The zero-order valence-electron chi connectivity index (χ0n) is 13.3. The molecule has 2 aliphatic rings. The Hall–Kier alpha value is -2.95. The van der Waals surface area contributed by atoms with Crippen molar-refractivity contribution < 1.29 is 0 Å². The van der Waals surface area contributed by atoms with Crippen molar-refractivity contribution in [3.63, 3.8) is 0 Å². The first-order valence-corrected chi connectivity index (χ1v) is 8.11. The smallest absolute Gasteiger partial charge is 0.221 e. The summed E-state index contributed by atoms with van der Waals surface area (Å²) in [6, 6.07) is 8.25. The Balaban J connectivity index is 1.71. The second-order valence-corrected chi connectivity index (χ2v) is 6.17. The Bertz CT molecular complexity index is 971. The summed E-state index contributed by atoms with van der Waals surface area (Å²) in [7, 11) is 0. The molecule has 1 aliphatic carbocycles. The van der Waals surface area contributed by atoms with E-state index in [-0.39, 0.29) is 5.95 Å². The molecule has 4 N–H and O–H groups in total. The molecule has 1 atom stereocenters. The van der Waals surface area contributed by atoms with E-state index in [0.29, 0.717) is 11.7 Å². The Kier molecular flexibility index (Phi) is 3.61. The number of fused-ring (bicyclic) bond motifs is 1. The van der Waals surface area contributed by atoms with E-state index in [1.54, 1.807) is 6.20 Å². The van der Waals surface area contributed by atoms with Gasteiger partial charge in [-0.2, -0.15) is 4.98 Å². The molecule has 0 spiro atoms. The van der Waals surface area contributed by atoms with Crippen LogP contribution in [-0.4, -0.2) is 9.97 Å². The van der Waals surface area contributed by atoms with Gasteiger partial charge < -0.3 is 11.5 Å². The highest BCUT2D eigenvalue weighted by Crippen LogP contribution is 2.32. The maximum Gasteiger partial charge on any atom is 0.221 e. The highest BCUT2D eigenvalue weighted by molar-refractivity contribution is 5.45. The van der Waals surface area contributed by atoms with Gasteiger partial charge in [0, 0.05) is 11.8 Å². The predicted molar refractivity (Wildman–Crippen MR) is 95.1 cm³/mol. The molecule has 24 heavy (non-hydrogen) atoms. The first kappa shape index (κ1) is 14.6. The van der Waals surface area contributed by atoms with E-state index >= 15 is 0 Å². The number of nitrogens with two attached hydrogens (primary N) is 2. The first-order chi connectivity index (χ1) is 11.7. The van der Waals surface area contributed by atoms with E-state index in [9.17, 15) is 0 Å². The average Bonchev–Trinajstić information content (AvgIpc) is 2.77. The number of anilines is 2. The van der Waals surface area contributed by atoms with Gasteiger partial charge in [-0.05, 0) is 48.1 Å². The molecule has 0 bridgehead atoms. The lowest BCUT2D eigenvalue weighted by Crippen LogP contribution is -2.23. The number of aromatic nitrogens is 2. The molecule has 0 amide bonds. The van der Waals surface area contributed by atoms with E-state index in [4.69, 9.17) is 16.5 Å². The van der Waals surface area contributed by atoms with Crippen LogP contribution in [0.4, 0.5) is 11.8 Å². The molecule has 0 saturated carbocycles. The molecular formula is C19H19N5. The molecule has 1 aromatic heterocycles. The monoisotopic (exact) mass is 317 g/mol. The molecule has 1 aromatic carbocycles. The van der Waals surface area contributed by atoms with E-state index in [0.717, 1.165) is 35.9 Å². The largest absolute Gasteiger partial charge is 0.383 e. The van der Waals surface area contributed by atoms with Crippen LogP contribution >= 0.6 is 0 Å². The zero-order valence-corrected chi connectivity index (χ0v) is 13.3. The maximum atomic E-state index is 6.01. The van der Waals surface area contributed by atoms with Crippen LogP contribution in [0.15, 0.2) is 58.9 Å². The summed E-state index contributed by atoms with van der Waals surface area (Å²) in [6.45, 7) is 0. The summed E-state index contributed by atoms with van der Waals surface area (Å²) in [5, 5.41) is 2.22. The normalized spacial score (nSPS) is 18.9. The second-order valence-electron chi connectivity index (χ2n) is 6.17. The van der Waals surface area contributed by atoms with Crippen LogP contribution in [0.3, 0.4) is 0 Å². The van der Waals surface area contributed by atoms with Crippen molar-refractivity contribution in [1.82, 2.24) is 9.97 Å². The molecule has 1 unspecified atom stereocenters. The number of nitrogens with zero attached hydrogens (tertiary/aromatic N) is 3. The Morgan fingerprint density at radius 2 is 2.04 bits per heavy atom. The van der Waals surface area contributed by atoms with Crippen molar-refractivity contribution in [3.8, 4) is 0 Å². The van der Waals surface area contributed by atoms with Crippen LogP contribution in [0.5, 0.6) is 0 Å². The predicted octanol–water partition coefficient (Wildman–Crippen LogP) is 1.52. The van der Waals surface area contributed by atoms with Crippen molar-refractivity contribution in [1.29, 1.82) is 0 Å². The fourth-order valence-electron chi connectivity index (χ4n) is 3.36. The maximum absolute atomic E-state index is 6.01. The highest BCUT2D eigenvalue weighted by atomic mass is 15.0. The van der Waals surface area contributed by atoms with Gasteiger partial charge in [-0.25, -0.2) is 9.98 Å². The summed E-state index contributed by atoms with van der Waals surface area (Å²) in [5.74, 6) is 1.04. The topological polar surface area (TPSA) is 90.2 Å². The number of rotatable bonds is 2. The summed E-state index contributed by atoms with van der Waals surface area (Å²) in [4.78, 5) is 13.0. The molecule has 0 fully saturated rings. The molecule has 0 saturated heterocycles. The standard InChI is InChI=1S/C19H19N5/c20-18-14(11-22-19(21)24-18)10-13-5-3-7-17-15(13)9-8-12-4-1-2-6-16(12)23-17/h1-4,6-8,11,13H,5,9-10H2,(H4,20,21,22,24). The highest BCUT2D eigenvalue weighted by Gasteiger charge is 2.22. The lowest BCUT2D eigenvalue weighted by atomic mass is 9.83. The molecule has 5 heteroatoms. The van der Waals surface area contributed by atoms with Gasteiger partial charge in [0.15, 0.2) is 0 Å². The lowest BCUT2D eigenvalue weighted by Gasteiger charge is -2.23. The Morgan fingerprint density at radius 3 is 2.92 bits per heavy atom. The number of nitrogen functional groups attached to an aromatic ring is 2. The number of hydrogen-bond donors (Lipinski definition) is 2. The minimum Gasteiger partial charge on any atom is -0.383 e. The molecule has 120 valence electrons. The number of hydrogen-bond acceptors (Lipinski definition) is 5. The van der Waals surface area contributed by atoms with Gasteiger partial charge in [0.2, 0.25) is 5.95 Å². The molecule has 0 radical (unpaired) electrons. The van der Waals surface area contributed by atoms with Gasteiger partial charge in [-0.3, -0.25) is 0 Å². The van der Waals surface area contributed by atoms with Crippen LogP contribution in [-0.2, 0) is 6.42 Å². The van der Waals surface area contributed by atoms with Crippen molar-refractivity contribution >= 4 is 17.8 Å². The van der Waals surface area contributed by atoms with Gasteiger partial charge in [0.1, 0.15) is 5.82 Å². The summed E-state index contributed by atoms with van der Waals surface area (Å²) < 4.78 is 0. The molecule has 1 aliphatic heterocycles. The van der Waals surface area contributed by atoms with Crippen LogP contribution in [0.1, 0.15) is 18.4 Å². The van der Waals surface area contributed by atoms with Crippen molar-refractivity contribution in [2.45, 2.75) is 19.3 Å². The number of allylic oxidation sites excluding steroid dienone is 3. The van der Waals surface area contributed by atoms with E-state index < -0.39 is 0 Å². The molecule has 2 aromatic rings. The van der Waals surface area contributed by atoms with Crippen LogP contribution in [0, 0.1) is 5.92 Å². The third-order valence-corrected chi connectivity index (χ3v) is 4.62. The van der Waals surface area contributed by atoms with Crippen molar-refractivity contribution in [2.75, 3.05) is 11.5 Å². The zero-order chi connectivity index (χ0) is 16.5. The minimum absolute atomic E-state index is 0.216. The van der Waals surface area contributed by atoms with Crippen molar-refractivity contribution in [2.24, 2.45) is 10.9 Å². The van der Waals surface area contributed by atoms with E-state index in [1.165, 1.54) is 10.8 Å². The molecular weight excluding hydrogens is 298 g/mol. The van der Waals surface area contributed by atoms with Gasteiger partial charge in [0.05, 0.1) is 11.1 Å². The minimum atomic E-state index is 0.216. The van der Waals surface area contributed by atoms with Gasteiger partial charge in [-0.15, -0.1) is 0 Å². The first-order valence-electron chi connectivity index (χ1n) is 8.11. The van der Waals surface area contributed by atoms with E-state index in [1.807, 2.05) is 6.07 Å². The fourth-order valence-corrected chi connectivity index (χ4v) is 3.36. The molecule has 5 nitrogen and oxygen atoms in total. The average molecular weight is 317 g/mol.